The second kappa shape index (κ2) is 9.58. The number of methoxy groups -OCH3 is 1. The number of carbonyl (C=O) groups is 1. The van der Waals surface area contributed by atoms with Crippen LogP contribution < -0.4 is 10.5 Å². The van der Waals surface area contributed by atoms with E-state index in [9.17, 15) is 4.79 Å². The summed E-state index contributed by atoms with van der Waals surface area (Å²) in [6.45, 7) is 4.01. The fraction of sp³-hybridized carbons (Fsp3) is 0.417. The number of likely N-dealkylation sites (N-methyl/N-ethyl adjacent to an activating group) is 1. The van der Waals surface area contributed by atoms with Crippen LogP contribution in [-0.2, 0) is 11.3 Å². The van der Waals surface area contributed by atoms with E-state index in [0.29, 0.717) is 29.1 Å². The van der Waals surface area contributed by atoms with Crippen molar-refractivity contribution in [1.82, 2.24) is 29.5 Å². The van der Waals surface area contributed by atoms with Gasteiger partial charge in [-0.3, -0.25) is 4.79 Å². The molecule has 1 aliphatic rings. The van der Waals surface area contributed by atoms with E-state index >= 15 is 0 Å². The predicted molar refractivity (Wildman–Crippen MR) is 129 cm³/mol. The van der Waals surface area contributed by atoms with Crippen molar-refractivity contribution in [1.29, 1.82) is 0 Å². The van der Waals surface area contributed by atoms with Gasteiger partial charge in [-0.1, -0.05) is 18.2 Å². The van der Waals surface area contributed by atoms with Gasteiger partial charge in [0.2, 0.25) is 5.91 Å². The van der Waals surface area contributed by atoms with Crippen LogP contribution in [0.3, 0.4) is 0 Å². The molecule has 0 saturated carbocycles. The lowest BCUT2D eigenvalue weighted by atomic mass is 10.1. The smallest absolute Gasteiger partial charge is 0.246 e. The fourth-order valence-electron chi connectivity index (χ4n) is 4.30. The highest BCUT2D eigenvalue weighted by Crippen LogP contribution is 2.33. The van der Waals surface area contributed by atoms with Crippen molar-refractivity contribution in [3.05, 3.63) is 42.2 Å². The molecular weight excluding hydrogens is 418 g/mol. The third kappa shape index (κ3) is 4.68. The van der Waals surface area contributed by atoms with Gasteiger partial charge in [-0.2, -0.15) is 5.10 Å². The van der Waals surface area contributed by atoms with Crippen LogP contribution in [0.2, 0.25) is 0 Å². The molecule has 1 unspecified atom stereocenters. The molecule has 4 rings (SSSR count). The van der Waals surface area contributed by atoms with Crippen LogP contribution in [0, 0.1) is 6.92 Å². The van der Waals surface area contributed by atoms with E-state index in [1.54, 1.807) is 13.2 Å². The number of rotatable bonds is 7. The van der Waals surface area contributed by atoms with Crippen LogP contribution in [0.5, 0.6) is 5.75 Å². The van der Waals surface area contributed by atoms with E-state index < -0.39 is 0 Å². The van der Waals surface area contributed by atoms with E-state index in [2.05, 4.69) is 9.97 Å². The summed E-state index contributed by atoms with van der Waals surface area (Å²) in [7, 11) is 5.61. The first kappa shape index (κ1) is 22.7. The molecular formula is C24H31N7O2. The number of ether oxygens (including phenoxy) is 1. The molecule has 3 heterocycles. The molecule has 0 spiro atoms. The number of aryl methyl sites for hydroxylation is 1. The fourth-order valence-corrected chi connectivity index (χ4v) is 4.30. The Hall–Kier alpha value is -3.46. The van der Waals surface area contributed by atoms with Gasteiger partial charge < -0.3 is 20.3 Å². The standard InChI is InChI=1S/C24H31N7O2/c1-16-9-10-17(13-19(16)33-4)22-21-23(25)26-15-27-24(21)31(28-22)14-18-7-5-12-30(18)20(32)8-6-11-29(2)3/h6,8-10,13,15,18H,5,7,11-12,14H2,1-4H3,(H2,25,26,27). The Morgan fingerprint density at radius 2 is 2.15 bits per heavy atom. The van der Waals surface area contributed by atoms with Crippen molar-refractivity contribution in [2.75, 3.05) is 40.0 Å². The number of fused-ring (bicyclic) bond motifs is 1. The van der Waals surface area contributed by atoms with Crippen molar-refractivity contribution in [2.24, 2.45) is 0 Å². The molecule has 1 saturated heterocycles. The molecule has 174 valence electrons. The van der Waals surface area contributed by atoms with Gasteiger partial charge in [-0.25, -0.2) is 14.6 Å². The summed E-state index contributed by atoms with van der Waals surface area (Å²) in [4.78, 5) is 25.4. The highest BCUT2D eigenvalue weighted by Gasteiger charge is 2.29. The van der Waals surface area contributed by atoms with Crippen molar-refractivity contribution in [3.63, 3.8) is 0 Å². The lowest BCUT2D eigenvalue weighted by Gasteiger charge is -2.23. The highest BCUT2D eigenvalue weighted by atomic mass is 16.5. The second-order valence-corrected chi connectivity index (χ2v) is 8.66. The van der Waals surface area contributed by atoms with Crippen molar-refractivity contribution < 1.29 is 9.53 Å². The van der Waals surface area contributed by atoms with Crippen LogP contribution >= 0.6 is 0 Å². The average molecular weight is 450 g/mol. The Morgan fingerprint density at radius 3 is 2.91 bits per heavy atom. The van der Waals surface area contributed by atoms with E-state index in [1.807, 2.05) is 59.8 Å². The van der Waals surface area contributed by atoms with E-state index in [0.717, 1.165) is 42.8 Å². The van der Waals surface area contributed by atoms with Gasteiger partial charge in [-0.15, -0.1) is 0 Å². The van der Waals surface area contributed by atoms with Crippen LogP contribution in [0.4, 0.5) is 5.82 Å². The molecule has 9 heteroatoms. The first-order valence-electron chi connectivity index (χ1n) is 11.1. The zero-order valence-electron chi connectivity index (χ0n) is 19.7. The van der Waals surface area contributed by atoms with E-state index in [4.69, 9.17) is 15.6 Å². The number of nitrogens with zero attached hydrogens (tertiary/aromatic N) is 6. The Labute approximate surface area is 193 Å². The number of nitrogen functional groups attached to an aromatic ring is 1. The first-order chi connectivity index (χ1) is 15.9. The van der Waals surface area contributed by atoms with Crippen molar-refractivity contribution in [2.45, 2.75) is 32.4 Å². The molecule has 1 atom stereocenters. The normalized spacial score (nSPS) is 16.4. The summed E-state index contributed by atoms with van der Waals surface area (Å²) in [5.74, 6) is 1.20. The third-order valence-corrected chi connectivity index (χ3v) is 6.01. The number of benzene rings is 1. The van der Waals surface area contributed by atoms with Crippen LogP contribution in [0.1, 0.15) is 18.4 Å². The number of hydrogen-bond donors (Lipinski definition) is 1. The quantitative estimate of drug-likeness (QED) is 0.553. The number of hydrogen-bond acceptors (Lipinski definition) is 7. The molecule has 1 aromatic carbocycles. The summed E-state index contributed by atoms with van der Waals surface area (Å²) in [6.07, 6.45) is 6.91. The topological polar surface area (TPSA) is 102 Å². The molecule has 0 aliphatic carbocycles. The van der Waals surface area contributed by atoms with E-state index in [-0.39, 0.29) is 11.9 Å². The Bertz CT molecular complexity index is 1190. The minimum absolute atomic E-state index is 0.0356. The van der Waals surface area contributed by atoms with Crippen molar-refractivity contribution >= 4 is 22.8 Å². The molecule has 1 fully saturated rings. The summed E-state index contributed by atoms with van der Waals surface area (Å²) >= 11 is 0. The number of amides is 1. The predicted octanol–water partition coefficient (Wildman–Crippen LogP) is 2.50. The van der Waals surface area contributed by atoms with Crippen LogP contribution in [0.15, 0.2) is 36.7 Å². The number of anilines is 1. The Balaban J connectivity index is 1.67. The number of carbonyl (C=O) groups excluding carboxylic acids is 1. The minimum Gasteiger partial charge on any atom is -0.496 e. The largest absolute Gasteiger partial charge is 0.496 e. The second-order valence-electron chi connectivity index (χ2n) is 8.66. The molecule has 2 aromatic heterocycles. The lowest BCUT2D eigenvalue weighted by molar-refractivity contribution is -0.127. The molecule has 1 amide bonds. The van der Waals surface area contributed by atoms with Gasteiger partial charge in [0.05, 0.1) is 25.1 Å². The number of aromatic nitrogens is 4. The van der Waals surface area contributed by atoms with Gasteiger partial charge in [0.1, 0.15) is 23.6 Å². The molecule has 9 nitrogen and oxygen atoms in total. The molecule has 33 heavy (non-hydrogen) atoms. The van der Waals surface area contributed by atoms with E-state index in [1.165, 1.54) is 6.33 Å². The minimum atomic E-state index is 0.0356. The maximum atomic E-state index is 12.8. The van der Waals surface area contributed by atoms with Crippen LogP contribution in [-0.4, -0.2) is 75.8 Å². The van der Waals surface area contributed by atoms with Crippen LogP contribution in [0.25, 0.3) is 22.3 Å². The molecule has 3 aromatic rings. The van der Waals surface area contributed by atoms with Crippen molar-refractivity contribution in [3.8, 4) is 17.0 Å². The molecule has 0 radical (unpaired) electrons. The summed E-state index contributed by atoms with van der Waals surface area (Å²) < 4.78 is 7.36. The third-order valence-electron chi connectivity index (χ3n) is 6.01. The SMILES string of the molecule is COc1cc(-c2nn(CC3CCCN3C(=O)C=CCN(C)C)c3ncnc(N)c23)ccc1C. The zero-order chi connectivity index (χ0) is 23.5. The van der Waals surface area contributed by atoms with Gasteiger partial charge >= 0.3 is 0 Å². The number of likely N-dealkylation sites (tertiary alicyclic amines) is 1. The van der Waals surface area contributed by atoms with Gasteiger partial charge in [0.25, 0.3) is 0 Å². The molecule has 1 aliphatic heterocycles. The van der Waals surface area contributed by atoms with Gasteiger partial charge in [0, 0.05) is 24.7 Å². The first-order valence-corrected chi connectivity index (χ1v) is 11.1. The maximum Gasteiger partial charge on any atom is 0.246 e. The Morgan fingerprint density at radius 1 is 1.33 bits per heavy atom. The average Bonchev–Trinajstić information content (AvgIpc) is 3.40. The maximum absolute atomic E-state index is 12.8. The summed E-state index contributed by atoms with van der Waals surface area (Å²) in [5.41, 5.74) is 9.56. The number of nitrogens with two attached hydrogens (primary N) is 1. The lowest BCUT2D eigenvalue weighted by Crippen LogP contribution is -2.37. The zero-order valence-corrected chi connectivity index (χ0v) is 19.7. The molecule has 0 bridgehead atoms. The van der Waals surface area contributed by atoms with Gasteiger partial charge in [0.15, 0.2) is 5.65 Å². The highest BCUT2D eigenvalue weighted by molar-refractivity contribution is 5.98. The Kier molecular flexibility index (Phi) is 6.60. The van der Waals surface area contributed by atoms with Gasteiger partial charge in [-0.05, 0) is 45.5 Å². The summed E-state index contributed by atoms with van der Waals surface area (Å²) in [6, 6.07) is 5.99. The molecule has 2 N–H and O–H groups in total. The summed E-state index contributed by atoms with van der Waals surface area (Å²) in [5, 5.41) is 5.60. The monoisotopic (exact) mass is 449 g/mol.